The van der Waals surface area contributed by atoms with Crippen LogP contribution in [0.25, 0.3) is 0 Å². The second kappa shape index (κ2) is 3.90. The van der Waals surface area contributed by atoms with E-state index in [4.69, 9.17) is 0 Å². The van der Waals surface area contributed by atoms with E-state index >= 15 is 0 Å². The van der Waals surface area contributed by atoms with Crippen LogP contribution >= 0.6 is 0 Å². The third-order valence-corrected chi connectivity index (χ3v) is 2.89. The summed E-state index contributed by atoms with van der Waals surface area (Å²) in [6, 6.07) is 8.74. The largest absolute Gasteiger partial charge is 0.0705 e. The van der Waals surface area contributed by atoms with Gasteiger partial charge in [0.2, 0.25) is 0 Å². The van der Waals surface area contributed by atoms with Gasteiger partial charge in [-0.05, 0) is 19.4 Å². The maximum Gasteiger partial charge on any atom is 0.0289 e. The zero-order valence-electron chi connectivity index (χ0n) is 9.27. The fraction of sp³-hybridized carbons (Fsp3) is 0.200. The molecule has 0 saturated heterocycles. The molecule has 0 nitrogen and oxygen atoms in total. The van der Waals surface area contributed by atoms with Crippen molar-refractivity contribution in [2.24, 2.45) is 0 Å². The van der Waals surface area contributed by atoms with Crippen molar-refractivity contribution in [3.8, 4) is 0 Å². The predicted octanol–water partition coefficient (Wildman–Crippen LogP) is 3.93. The average molecular weight is 196 g/mol. The number of hydrogen-bond donors (Lipinski definition) is 0. The summed E-state index contributed by atoms with van der Waals surface area (Å²) in [6.07, 6.45) is 12.8. The molecule has 1 aromatic carbocycles. The minimum absolute atomic E-state index is 0.0250. The van der Waals surface area contributed by atoms with Crippen molar-refractivity contribution in [3.05, 3.63) is 71.8 Å². The van der Waals surface area contributed by atoms with Gasteiger partial charge >= 0.3 is 0 Å². The Bertz CT molecular complexity index is 400. The lowest BCUT2D eigenvalue weighted by molar-refractivity contribution is 0.758. The highest BCUT2D eigenvalue weighted by atomic mass is 14.2. The quantitative estimate of drug-likeness (QED) is 0.638. The molecule has 15 heavy (non-hydrogen) atoms. The summed E-state index contributed by atoms with van der Waals surface area (Å²) < 4.78 is 0. The summed E-state index contributed by atoms with van der Waals surface area (Å²) >= 11 is 0. The highest BCUT2D eigenvalue weighted by molar-refractivity contribution is 5.40. The Hall–Kier alpha value is -1.56. The van der Waals surface area contributed by atoms with Crippen LogP contribution in [0.3, 0.4) is 0 Å². The summed E-state index contributed by atoms with van der Waals surface area (Å²) in [4.78, 5) is 0. The lowest BCUT2D eigenvalue weighted by Gasteiger charge is -2.22. The van der Waals surface area contributed by atoms with Crippen molar-refractivity contribution in [1.82, 2.24) is 0 Å². The zero-order chi connectivity index (χ0) is 10.7. The lowest BCUT2D eigenvalue weighted by Crippen LogP contribution is -2.14. The first-order valence-corrected chi connectivity index (χ1v) is 5.32. The van der Waals surface area contributed by atoms with Crippen molar-refractivity contribution in [2.75, 3.05) is 0 Å². The molecule has 0 spiro atoms. The van der Waals surface area contributed by atoms with Gasteiger partial charge in [0.05, 0.1) is 0 Å². The standard InChI is InChI=1S/C15H16/c1-13-7-9-14(10-8-13)15(2)11-5-3-4-6-12-15/h3-12H,1-2H3. The SMILES string of the molecule is Cc1ccc(C2(C)C=CC=CC=C2)cc1. The van der Waals surface area contributed by atoms with E-state index in [9.17, 15) is 0 Å². The van der Waals surface area contributed by atoms with Crippen LogP contribution in [0.4, 0.5) is 0 Å². The van der Waals surface area contributed by atoms with Gasteiger partial charge in [0.25, 0.3) is 0 Å². The first kappa shape index (κ1) is 9.97. The van der Waals surface area contributed by atoms with Crippen LogP contribution in [0.2, 0.25) is 0 Å². The van der Waals surface area contributed by atoms with Gasteiger partial charge in [0.15, 0.2) is 0 Å². The fourth-order valence-electron chi connectivity index (χ4n) is 1.80. The summed E-state index contributed by atoms with van der Waals surface area (Å²) in [5.74, 6) is 0. The second-order valence-corrected chi connectivity index (χ2v) is 4.25. The molecule has 0 saturated carbocycles. The van der Waals surface area contributed by atoms with Gasteiger partial charge in [-0.3, -0.25) is 0 Å². The Morgan fingerprint density at radius 2 is 1.33 bits per heavy atom. The molecule has 1 aromatic rings. The number of hydrogen-bond acceptors (Lipinski definition) is 0. The topological polar surface area (TPSA) is 0 Å². The molecule has 0 atom stereocenters. The first-order chi connectivity index (χ1) is 7.21. The van der Waals surface area contributed by atoms with Crippen LogP contribution in [-0.2, 0) is 5.41 Å². The minimum atomic E-state index is 0.0250. The van der Waals surface area contributed by atoms with Crippen molar-refractivity contribution in [1.29, 1.82) is 0 Å². The molecule has 0 radical (unpaired) electrons. The summed E-state index contributed by atoms with van der Waals surface area (Å²) in [5, 5.41) is 0. The van der Waals surface area contributed by atoms with E-state index in [-0.39, 0.29) is 5.41 Å². The summed E-state index contributed by atoms with van der Waals surface area (Å²) in [7, 11) is 0. The molecule has 0 bridgehead atoms. The highest BCUT2D eigenvalue weighted by Gasteiger charge is 2.19. The second-order valence-electron chi connectivity index (χ2n) is 4.25. The molecule has 0 heteroatoms. The molecule has 2 rings (SSSR count). The van der Waals surface area contributed by atoms with Crippen molar-refractivity contribution in [3.63, 3.8) is 0 Å². The Labute approximate surface area is 91.6 Å². The Morgan fingerprint density at radius 1 is 0.800 bits per heavy atom. The van der Waals surface area contributed by atoms with E-state index in [0.717, 1.165) is 0 Å². The monoisotopic (exact) mass is 196 g/mol. The van der Waals surface area contributed by atoms with Crippen LogP contribution in [0.15, 0.2) is 60.7 Å². The zero-order valence-corrected chi connectivity index (χ0v) is 9.27. The van der Waals surface area contributed by atoms with E-state index < -0.39 is 0 Å². The molecule has 0 heterocycles. The Morgan fingerprint density at radius 3 is 1.87 bits per heavy atom. The number of benzene rings is 1. The smallest absolute Gasteiger partial charge is 0.0289 e. The number of rotatable bonds is 1. The van der Waals surface area contributed by atoms with E-state index in [1.807, 2.05) is 0 Å². The molecule has 76 valence electrons. The normalized spacial score (nSPS) is 17.7. The van der Waals surface area contributed by atoms with Gasteiger partial charge in [-0.2, -0.15) is 0 Å². The number of aryl methyl sites for hydroxylation is 1. The van der Waals surface area contributed by atoms with E-state index in [1.165, 1.54) is 11.1 Å². The summed E-state index contributed by atoms with van der Waals surface area (Å²) in [6.45, 7) is 4.35. The van der Waals surface area contributed by atoms with E-state index in [2.05, 4.69) is 74.6 Å². The van der Waals surface area contributed by atoms with Crippen molar-refractivity contribution < 1.29 is 0 Å². The molecule has 0 aliphatic heterocycles. The third kappa shape index (κ3) is 2.10. The minimum Gasteiger partial charge on any atom is -0.0705 e. The molecule has 0 fully saturated rings. The van der Waals surface area contributed by atoms with E-state index in [1.54, 1.807) is 0 Å². The lowest BCUT2D eigenvalue weighted by atomic mass is 9.82. The van der Waals surface area contributed by atoms with Gasteiger partial charge < -0.3 is 0 Å². The average Bonchev–Trinajstić information content (AvgIpc) is 2.45. The molecule has 0 amide bonds. The maximum absolute atomic E-state index is 2.23. The molecule has 1 aliphatic rings. The van der Waals surface area contributed by atoms with Crippen LogP contribution < -0.4 is 0 Å². The maximum atomic E-state index is 2.23. The van der Waals surface area contributed by atoms with Crippen LogP contribution in [0, 0.1) is 6.92 Å². The summed E-state index contributed by atoms with van der Waals surface area (Å²) in [5.41, 5.74) is 2.67. The van der Waals surface area contributed by atoms with Gasteiger partial charge in [-0.25, -0.2) is 0 Å². The fourth-order valence-corrected chi connectivity index (χ4v) is 1.80. The van der Waals surface area contributed by atoms with Gasteiger partial charge in [0.1, 0.15) is 0 Å². The Kier molecular flexibility index (Phi) is 2.59. The number of allylic oxidation sites excluding steroid dienone is 6. The molecule has 0 unspecified atom stereocenters. The highest BCUT2D eigenvalue weighted by Crippen LogP contribution is 2.28. The van der Waals surface area contributed by atoms with Gasteiger partial charge in [-0.1, -0.05) is 66.3 Å². The van der Waals surface area contributed by atoms with Crippen LogP contribution in [-0.4, -0.2) is 0 Å². The van der Waals surface area contributed by atoms with Gasteiger partial charge in [-0.15, -0.1) is 0 Å². The molecule has 0 N–H and O–H groups in total. The molecular weight excluding hydrogens is 180 g/mol. The molecule has 0 aromatic heterocycles. The van der Waals surface area contributed by atoms with Gasteiger partial charge in [0, 0.05) is 5.41 Å². The van der Waals surface area contributed by atoms with Crippen molar-refractivity contribution >= 4 is 0 Å². The third-order valence-electron chi connectivity index (χ3n) is 2.89. The molecular formula is C15H16. The predicted molar refractivity (Wildman–Crippen MR) is 66.0 cm³/mol. The Balaban J connectivity index is 2.41. The van der Waals surface area contributed by atoms with Crippen LogP contribution in [0.5, 0.6) is 0 Å². The van der Waals surface area contributed by atoms with E-state index in [0.29, 0.717) is 0 Å². The first-order valence-electron chi connectivity index (χ1n) is 5.32. The molecule has 1 aliphatic carbocycles. The van der Waals surface area contributed by atoms with Crippen LogP contribution in [0.1, 0.15) is 18.1 Å². The van der Waals surface area contributed by atoms with Crippen molar-refractivity contribution in [2.45, 2.75) is 19.3 Å².